The Labute approximate surface area is 85.1 Å². The minimum atomic E-state index is -2.37. The first-order valence-corrected chi connectivity index (χ1v) is 5.67. The molecule has 2 bridgehead atoms. The molecule has 0 aromatic carbocycles. The van der Waals surface area contributed by atoms with Crippen molar-refractivity contribution in [2.45, 2.75) is 52.4 Å². The quantitative estimate of drug-likeness (QED) is 0.554. The molecule has 0 amide bonds. The zero-order valence-electron chi connectivity index (χ0n) is 9.32. The molecule has 14 heavy (non-hydrogen) atoms. The SMILES string of the molecule is CC(C)(C)C1C2CCC1CC(F)(F)C2. The van der Waals surface area contributed by atoms with Gasteiger partial charge >= 0.3 is 0 Å². The number of alkyl halides is 2. The Balaban J connectivity index is 2.19. The average molecular weight is 202 g/mol. The van der Waals surface area contributed by atoms with Gasteiger partial charge in [-0.3, -0.25) is 0 Å². The van der Waals surface area contributed by atoms with E-state index in [-0.39, 0.29) is 30.1 Å². The lowest BCUT2D eigenvalue weighted by molar-refractivity contribution is -0.0930. The summed E-state index contributed by atoms with van der Waals surface area (Å²) < 4.78 is 26.6. The van der Waals surface area contributed by atoms with Crippen molar-refractivity contribution in [3.05, 3.63) is 0 Å². The predicted molar refractivity (Wildman–Crippen MR) is 53.3 cm³/mol. The fourth-order valence-corrected chi connectivity index (χ4v) is 3.89. The Morgan fingerprint density at radius 2 is 1.43 bits per heavy atom. The van der Waals surface area contributed by atoms with Crippen molar-refractivity contribution >= 4 is 0 Å². The lowest BCUT2D eigenvalue weighted by atomic mass is 9.65. The molecule has 2 aliphatic rings. The topological polar surface area (TPSA) is 0 Å². The molecule has 2 rings (SSSR count). The first-order chi connectivity index (χ1) is 6.30. The van der Waals surface area contributed by atoms with Crippen LogP contribution in [0.3, 0.4) is 0 Å². The average Bonchev–Trinajstić information content (AvgIpc) is 2.22. The monoisotopic (exact) mass is 202 g/mol. The first kappa shape index (κ1) is 10.4. The van der Waals surface area contributed by atoms with Crippen LogP contribution in [-0.2, 0) is 0 Å². The van der Waals surface area contributed by atoms with Crippen LogP contribution < -0.4 is 0 Å². The van der Waals surface area contributed by atoms with Crippen LogP contribution in [0.2, 0.25) is 0 Å². The lowest BCUT2D eigenvalue weighted by Crippen LogP contribution is -2.39. The van der Waals surface area contributed by atoms with Gasteiger partial charge in [0.2, 0.25) is 5.92 Å². The Morgan fingerprint density at radius 3 is 1.79 bits per heavy atom. The van der Waals surface area contributed by atoms with Gasteiger partial charge in [0, 0.05) is 12.8 Å². The van der Waals surface area contributed by atoms with Crippen molar-refractivity contribution < 1.29 is 8.78 Å². The summed E-state index contributed by atoms with van der Waals surface area (Å²) in [6.45, 7) is 6.60. The number of hydrogen-bond donors (Lipinski definition) is 0. The van der Waals surface area contributed by atoms with Crippen LogP contribution in [-0.4, -0.2) is 5.92 Å². The fraction of sp³-hybridized carbons (Fsp3) is 1.00. The van der Waals surface area contributed by atoms with Crippen LogP contribution in [0.15, 0.2) is 0 Å². The number of rotatable bonds is 0. The van der Waals surface area contributed by atoms with Crippen LogP contribution in [0.4, 0.5) is 8.78 Å². The molecule has 0 aromatic rings. The molecule has 2 fully saturated rings. The maximum absolute atomic E-state index is 13.3. The molecule has 2 aliphatic carbocycles. The van der Waals surface area contributed by atoms with Crippen LogP contribution >= 0.6 is 0 Å². The Hall–Kier alpha value is -0.140. The molecule has 0 N–H and O–H groups in total. The number of halogens is 2. The van der Waals surface area contributed by atoms with Gasteiger partial charge < -0.3 is 0 Å². The van der Waals surface area contributed by atoms with Crippen molar-refractivity contribution in [2.75, 3.05) is 0 Å². The Bertz CT molecular complexity index is 211. The van der Waals surface area contributed by atoms with E-state index in [1.807, 2.05) is 0 Å². The summed E-state index contributed by atoms with van der Waals surface area (Å²) in [4.78, 5) is 0. The summed E-state index contributed by atoms with van der Waals surface area (Å²) in [5.74, 6) is -1.28. The highest BCUT2D eigenvalue weighted by Crippen LogP contribution is 2.57. The fourth-order valence-electron chi connectivity index (χ4n) is 3.89. The van der Waals surface area contributed by atoms with E-state index in [4.69, 9.17) is 0 Å². The minimum absolute atomic E-state index is 0.144. The molecule has 0 radical (unpaired) electrons. The van der Waals surface area contributed by atoms with Crippen molar-refractivity contribution in [3.63, 3.8) is 0 Å². The normalized spacial score (nSPS) is 41.4. The number of hydrogen-bond acceptors (Lipinski definition) is 0. The molecule has 0 aromatic heterocycles. The summed E-state index contributed by atoms with van der Waals surface area (Å²) in [6.07, 6.45) is 2.35. The maximum atomic E-state index is 13.3. The third-order valence-corrected chi connectivity index (χ3v) is 4.05. The van der Waals surface area contributed by atoms with E-state index in [0.29, 0.717) is 5.92 Å². The van der Waals surface area contributed by atoms with Crippen molar-refractivity contribution in [2.24, 2.45) is 23.2 Å². The zero-order valence-corrected chi connectivity index (χ0v) is 9.32. The van der Waals surface area contributed by atoms with Gasteiger partial charge in [-0.2, -0.15) is 0 Å². The van der Waals surface area contributed by atoms with Gasteiger partial charge in [-0.1, -0.05) is 20.8 Å². The van der Waals surface area contributed by atoms with E-state index in [1.54, 1.807) is 0 Å². The van der Waals surface area contributed by atoms with E-state index in [9.17, 15) is 8.78 Å². The van der Waals surface area contributed by atoms with Gasteiger partial charge in [0.25, 0.3) is 0 Å². The van der Waals surface area contributed by atoms with E-state index < -0.39 is 5.92 Å². The molecule has 2 saturated carbocycles. The molecule has 0 heterocycles. The second kappa shape index (κ2) is 2.93. The first-order valence-electron chi connectivity index (χ1n) is 5.67. The molecule has 2 atom stereocenters. The van der Waals surface area contributed by atoms with Gasteiger partial charge in [-0.25, -0.2) is 8.78 Å². The van der Waals surface area contributed by atoms with Crippen molar-refractivity contribution in [1.29, 1.82) is 0 Å². The van der Waals surface area contributed by atoms with Gasteiger partial charge in [0.1, 0.15) is 0 Å². The third-order valence-electron chi connectivity index (χ3n) is 4.05. The van der Waals surface area contributed by atoms with E-state index in [2.05, 4.69) is 20.8 Å². The molecule has 0 spiro atoms. The summed E-state index contributed by atoms with van der Waals surface area (Å²) >= 11 is 0. The second-order valence-corrected chi connectivity index (χ2v) is 6.25. The van der Waals surface area contributed by atoms with Crippen LogP contribution in [0.5, 0.6) is 0 Å². The molecule has 82 valence electrons. The van der Waals surface area contributed by atoms with Gasteiger partial charge in [-0.05, 0) is 36.0 Å². The van der Waals surface area contributed by atoms with Crippen LogP contribution in [0.25, 0.3) is 0 Å². The molecule has 2 heteroatoms. The predicted octanol–water partition coefficient (Wildman–Crippen LogP) is 4.10. The maximum Gasteiger partial charge on any atom is 0.248 e. The van der Waals surface area contributed by atoms with E-state index in [1.165, 1.54) is 0 Å². The van der Waals surface area contributed by atoms with E-state index in [0.717, 1.165) is 12.8 Å². The zero-order chi connectivity index (χ0) is 10.6. The molecular weight excluding hydrogens is 182 g/mol. The molecule has 0 nitrogen and oxygen atoms in total. The van der Waals surface area contributed by atoms with Crippen molar-refractivity contribution in [3.8, 4) is 0 Å². The molecule has 0 aliphatic heterocycles. The van der Waals surface area contributed by atoms with Crippen molar-refractivity contribution in [1.82, 2.24) is 0 Å². The third kappa shape index (κ3) is 1.68. The largest absolute Gasteiger partial charge is 0.248 e. The summed E-state index contributed by atoms with van der Waals surface area (Å²) in [5.41, 5.74) is 0.211. The molecule has 0 saturated heterocycles. The summed E-state index contributed by atoms with van der Waals surface area (Å²) in [7, 11) is 0. The highest BCUT2D eigenvalue weighted by atomic mass is 19.3. The molecular formula is C12H20F2. The highest BCUT2D eigenvalue weighted by Gasteiger charge is 2.53. The van der Waals surface area contributed by atoms with Gasteiger partial charge in [0.05, 0.1) is 0 Å². The minimum Gasteiger partial charge on any atom is -0.207 e. The van der Waals surface area contributed by atoms with Crippen LogP contribution in [0, 0.1) is 23.2 Å². The van der Waals surface area contributed by atoms with Gasteiger partial charge in [0.15, 0.2) is 0 Å². The second-order valence-electron chi connectivity index (χ2n) is 6.25. The Kier molecular flexibility index (Phi) is 2.17. The molecule has 2 unspecified atom stereocenters. The summed E-state index contributed by atoms with van der Waals surface area (Å²) in [5, 5.41) is 0. The standard InChI is InChI=1S/C12H20F2/c1-11(2,3)10-8-4-5-9(10)7-12(13,14)6-8/h8-10H,4-7H2,1-3H3. The Morgan fingerprint density at radius 1 is 1.00 bits per heavy atom. The smallest absolute Gasteiger partial charge is 0.207 e. The highest BCUT2D eigenvalue weighted by molar-refractivity contribution is 4.99. The lowest BCUT2D eigenvalue weighted by Gasteiger charge is -2.42. The van der Waals surface area contributed by atoms with E-state index >= 15 is 0 Å². The van der Waals surface area contributed by atoms with Gasteiger partial charge in [-0.15, -0.1) is 0 Å². The number of fused-ring (bicyclic) bond motifs is 2. The van der Waals surface area contributed by atoms with Crippen LogP contribution in [0.1, 0.15) is 46.5 Å². The summed E-state index contributed by atoms with van der Waals surface area (Å²) in [6, 6.07) is 0.